The molecule has 6 nitrogen and oxygen atoms in total. The zero-order valence-corrected chi connectivity index (χ0v) is 14.0. The van der Waals surface area contributed by atoms with E-state index in [1.54, 1.807) is 17.5 Å². The number of nitrogen functional groups attached to an aromatic ring is 1. The van der Waals surface area contributed by atoms with E-state index < -0.39 is 0 Å². The maximum atomic E-state index is 9.33. The molecule has 1 saturated carbocycles. The van der Waals surface area contributed by atoms with Gasteiger partial charge in [0, 0.05) is 18.8 Å². The van der Waals surface area contributed by atoms with Crippen molar-refractivity contribution in [3.63, 3.8) is 0 Å². The second-order valence-corrected chi connectivity index (χ2v) is 7.21. The number of thiazole rings is 1. The molecule has 1 aliphatic carbocycles. The number of aliphatic hydroxyl groups excluding tert-OH is 1. The molecular formula is C17H19N5OS. The van der Waals surface area contributed by atoms with Crippen LogP contribution in [-0.4, -0.2) is 32.7 Å². The molecule has 3 aromatic rings. The van der Waals surface area contributed by atoms with Gasteiger partial charge in [0.2, 0.25) is 5.95 Å². The van der Waals surface area contributed by atoms with Crippen LogP contribution >= 0.6 is 11.3 Å². The summed E-state index contributed by atoms with van der Waals surface area (Å²) in [6.07, 6.45) is 4.74. The van der Waals surface area contributed by atoms with Gasteiger partial charge in [-0.05, 0) is 37.3 Å². The first-order valence-corrected chi connectivity index (χ1v) is 8.90. The molecule has 2 atom stereocenters. The van der Waals surface area contributed by atoms with Crippen LogP contribution in [0.5, 0.6) is 0 Å². The Balaban J connectivity index is 1.68. The van der Waals surface area contributed by atoms with Crippen LogP contribution in [0, 0.1) is 5.92 Å². The number of nitrogens with one attached hydrogen (secondary N) is 1. The predicted octanol–water partition coefficient (Wildman–Crippen LogP) is 2.91. The number of aliphatic hydroxyl groups is 1. The van der Waals surface area contributed by atoms with Gasteiger partial charge in [0.1, 0.15) is 10.8 Å². The fourth-order valence-electron chi connectivity index (χ4n) is 3.21. The molecule has 2 heterocycles. The summed E-state index contributed by atoms with van der Waals surface area (Å²) in [5, 5.41) is 13.7. The first-order chi connectivity index (χ1) is 11.7. The van der Waals surface area contributed by atoms with E-state index >= 15 is 0 Å². The largest absolute Gasteiger partial charge is 0.396 e. The number of rotatable bonds is 4. The standard InChI is InChI=1S/C17H19N5OS/c18-17-19-8-12(16-21-13-3-1-2-4-14(13)24-16)15(22-17)20-11-6-5-10(7-11)9-23/h1-4,8,10-11,23H,5-7,9H2,(H3,18,19,20,22). The smallest absolute Gasteiger partial charge is 0.221 e. The molecule has 4 rings (SSSR count). The lowest BCUT2D eigenvalue weighted by molar-refractivity contribution is 0.229. The molecule has 0 radical (unpaired) electrons. The minimum Gasteiger partial charge on any atom is -0.396 e. The Morgan fingerprint density at radius 3 is 2.92 bits per heavy atom. The molecule has 0 saturated heterocycles. The molecule has 2 unspecified atom stereocenters. The summed E-state index contributed by atoms with van der Waals surface area (Å²) >= 11 is 1.62. The highest BCUT2D eigenvalue weighted by molar-refractivity contribution is 7.21. The van der Waals surface area contributed by atoms with Crippen LogP contribution < -0.4 is 11.1 Å². The van der Waals surface area contributed by atoms with Crippen LogP contribution in [0.15, 0.2) is 30.5 Å². The SMILES string of the molecule is Nc1ncc(-c2nc3ccccc3s2)c(NC2CCC(CO)C2)n1. The van der Waals surface area contributed by atoms with E-state index in [4.69, 9.17) is 10.7 Å². The van der Waals surface area contributed by atoms with Gasteiger partial charge in [-0.3, -0.25) is 0 Å². The van der Waals surface area contributed by atoms with Gasteiger partial charge >= 0.3 is 0 Å². The maximum absolute atomic E-state index is 9.33. The first-order valence-electron chi connectivity index (χ1n) is 8.09. The zero-order valence-electron chi connectivity index (χ0n) is 13.1. The number of nitrogens with two attached hydrogens (primary N) is 1. The third-order valence-corrected chi connectivity index (χ3v) is 5.54. The lowest BCUT2D eigenvalue weighted by Gasteiger charge is -2.15. The van der Waals surface area contributed by atoms with E-state index in [0.717, 1.165) is 45.9 Å². The number of aromatic nitrogens is 3. The van der Waals surface area contributed by atoms with Crippen LogP contribution in [0.1, 0.15) is 19.3 Å². The van der Waals surface area contributed by atoms with Crippen LogP contribution in [0.2, 0.25) is 0 Å². The van der Waals surface area contributed by atoms with Gasteiger partial charge in [0.05, 0.1) is 15.8 Å². The second kappa shape index (κ2) is 6.33. The normalized spacial score (nSPS) is 20.5. The lowest BCUT2D eigenvalue weighted by Crippen LogP contribution is -2.18. The number of anilines is 2. The summed E-state index contributed by atoms with van der Waals surface area (Å²) in [6.45, 7) is 0.245. The van der Waals surface area contributed by atoms with Crippen molar-refractivity contribution in [1.82, 2.24) is 15.0 Å². The van der Waals surface area contributed by atoms with E-state index in [-0.39, 0.29) is 12.6 Å². The predicted molar refractivity (Wildman–Crippen MR) is 96.9 cm³/mol. The summed E-state index contributed by atoms with van der Waals surface area (Å²) < 4.78 is 1.14. The average molecular weight is 341 g/mol. The van der Waals surface area contributed by atoms with Crippen LogP contribution in [-0.2, 0) is 0 Å². The van der Waals surface area contributed by atoms with Crippen molar-refractivity contribution < 1.29 is 5.11 Å². The van der Waals surface area contributed by atoms with Gasteiger partial charge in [-0.2, -0.15) is 4.98 Å². The second-order valence-electron chi connectivity index (χ2n) is 6.18. The van der Waals surface area contributed by atoms with Gasteiger partial charge in [0.15, 0.2) is 0 Å². The quantitative estimate of drug-likeness (QED) is 0.675. The highest BCUT2D eigenvalue weighted by Crippen LogP contribution is 2.35. The molecule has 1 aliphatic rings. The van der Waals surface area contributed by atoms with Gasteiger partial charge in [-0.15, -0.1) is 11.3 Å². The molecule has 124 valence electrons. The Morgan fingerprint density at radius 2 is 2.12 bits per heavy atom. The van der Waals surface area contributed by atoms with E-state index in [2.05, 4.69) is 21.4 Å². The van der Waals surface area contributed by atoms with E-state index in [9.17, 15) is 5.11 Å². The number of fused-ring (bicyclic) bond motifs is 1. The van der Waals surface area contributed by atoms with Crippen molar-refractivity contribution >= 4 is 33.3 Å². The number of hydrogen-bond donors (Lipinski definition) is 3. The van der Waals surface area contributed by atoms with Crippen LogP contribution in [0.3, 0.4) is 0 Å². The summed E-state index contributed by atoms with van der Waals surface area (Å²) in [6, 6.07) is 8.35. The number of para-hydroxylation sites is 1. The molecule has 24 heavy (non-hydrogen) atoms. The molecule has 2 aromatic heterocycles. The van der Waals surface area contributed by atoms with Crippen molar-refractivity contribution in [3.8, 4) is 10.6 Å². The highest BCUT2D eigenvalue weighted by Gasteiger charge is 2.25. The first kappa shape index (κ1) is 15.3. The van der Waals surface area contributed by atoms with Gasteiger partial charge in [-0.1, -0.05) is 12.1 Å². The summed E-state index contributed by atoms with van der Waals surface area (Å²) in [5.74, 6) is 1.34. The molecule has 7 heteroatoms. The molecular weight excluding hydrogens is 322 g/mol. The minimum absolute atomic E-state index is 0.245. The Morgan fingerprint density at radius 1 is 1.25 bits per heavy atom. The van der Waals surface area contributed by atoms with Gasteiger partial charge in [0.25, 0.3) is 0 Å². The number of hydrogen-bond acceptors (Lipinski definition) is 7. The fourth-order valence-corrected chi connectivity index (χ4v) is 4.19. The molecule has 4 N–H and O–H groups in total. The Kier molecular flexibility index (Phi) is 4.03. The molecule has 0 bridgehead atoms. The molecule has 0 amide bonds. The van der Waals surface area contributed by atoms with E-state index in [0.29, 0.717) is 12.0 Å². The van der Waals surface area contributed by atoms with Crippen molar-refractivity contribution in [2.75, 3.05) is 17.7 Å². The van der Waals surface area contributed by atoms with Crippen molar-refractivity contribution in [2.45, 2.75) is 25.3 Å². The Bertz CT molecular complexity index is 832. The van der Waals surface area contributed by atoms with E-state index in [1.807, 2.05) is 18.2 Å². The number of benzene rings is 1. The topological polar surface area (TPSA) is 97.0 Å². The fraction of sp³-hybridized carbons (Fsp3) is 0.353. The Hall–Kier alpha value is -2.25. The summed E-state index contributed by atoms with van der Waals surface area (Å²) in [4.78, 5) is 13.2. The molecule has 0 spiro atoms. The molecule has 1 fully saturated rings. The molecule has 0 aliphatic heterocycles. The van der Waals surface area contributed by atoms with Crippen LogP contribution in [0.4, 0.5) is 11.8 Å². The van der Waals surface area contributed by atoms with Crippen molar-refractivity contribution in [2.24, 2.45) is 5.92 Å². The van der Waals surface area contributed by atoms with Gasteiger partial charge in [-0.25, -0.2) is 9.97 Å². The summed E-state index contributed by atoms with van der Waals surface area (Å²) in [7, 11) is 0. The van der Waals surface area contributed by atoms with Crippen LogP contribution in [0.25, 0.3) is 20.8 Å². The molecule has 1 aromatic carbocycles. The monoisotopic (exact) mass is 341 g/mol. The van der Waals surface area contributed by atoms with Crippen molar-refractivity contribution in [3.05, 3.63) is 30.5 Å². The number of nitrogens with zero attached hydrogens (tertiary/aromatic N) is 3. The summed E-state index contributed by atoms with van der Waals surface area (Å²) in [5.41, 5.74) is 7.64. The maximum Gasteiger partial charge on any atom is 0.221 e. The Labute approximate surface area is 143 Å². The van der Waals surface area contributed by atoms with E-state index in [1.165, 1.54) is 0 Å². The minimum atomic E-state index is 0.245. The average Bonchev–Trinajstić information content (AvgIpc) is 3.21. The lowest BCUT2D eigenvalue weighted by atomic mass is 10.1. The van der Waals surface area contributed by atoms with Gasteiger partial charge < -0.3 is 16.2 Å². The van der Waals surface area contributed by atoms with Crippen molar-refractivity contribution in [1.29, 1.82) is 0 Å². The third kappa shape index (κ3) is 2.92. The zero-order chi connectivity index (χ0) is 16.5. The highest BCUT2D eigenvalue weighted by atomic mass is 32.1. The third-order valence-electron chi connectivity index (χ3n) is 4.47.